The Morgan fingerprint density at radius 2 is 2.05 bits per heavy atom. The molecule has 0 N–H and O–H groups in total. The molecule has 0 amide bonds. The van der Waals surface area contributed by atoms with Crippen LogP contribution >= 0.6 is 11.6 Å². The molecule has 19 heavy (non-hydrogen) atoms. The average molecular weight is 280 g/mol. The number of aromatic nitrogens is 1. The summed E-state index contributed by atoms with van der Waals surface area (Å²) in [6.45, 7) is 4.90. The average Bonchev–Trinajstić information content (AvgIpc) is 2.98. The molecule has 4 heteroatoms. The van der Waals surface area contributed by atoms with Gasteiger partial charge in [0.05, 0.1) is 11.6 Å². The van der Waals surface area contributed by atoms with Crippen molar-refractivity contribution >= 4 is 17.3 Å². The van der Waals surface area contributed by atoms with Crippen LogP contribution in [0.25, 0.3) is 0 Å². The Kier molecular flexibility index (Phi) is 4.24. The van der Waals surface area contributed by atoms with Crippen LogP contribution in [0.15, 0.2) is 18.3 Å². The van der Waals surface area contributed by atoms with Crippen molar-refractivity contribution in [3.05, 3.63) is 24.0 Å². The second-order valence-electron chi connectivity index (χ2n) is 5.62. The van der Waals surface area contributed by atoms with Gasteiger partial charge in [0.15, 0.2) is 0 Å². The zero-order valence-electron chi connectivity index (χ0n) is 11.4. The Balaban J connectivity index is 1.64. The van der Waals surface area contributed by atoms with Gasteiger partial charge in [-0.1, -0.05) is 6.42 Å². The van der Waals surface area contributed by atoms with Crippen molar-refractivity contribution in [2.45, 2.75) is 37.6 Å². The smallest absolute Gasteiger partial charge is 0.0648 e. The highest BCUT2D eigenvalue weighted by molar-refractivity contribution is 6.16. The zero-order valence-corrected chi connectivity index (χ0v) is 12.1. The summed E-state index contributed by atoms with van der Waals surface area (Å²) in [5.74, 6) is 0.497. The number of halogens is 1. The van der Waals surface area contributed by atoms with Gasteiger partial charge in [-0.05, 0) is 44.5 Å². The molecule has 2 aliphatic rings. The van der Waals surface area contributed by atoms with Gasteiger partial charge in [-0.3, -0.25) is 9.88 Å². The van der Waals surface area contributed by atoms with Gasteiger partial charge >= 0.3 is 0 Å². The van der Waals surface area contributed by atoms with E-state index in [1.165, 1.54) is 44.5 Å². The molecule has 1 aromatic rings. The van der Waals surface area contributed by atoms with Gasteiger partial charge in [0.25, 0.3) is 0 Å². The Hall–Kier alpha value is -0.800. The van der Waals surface area contributed by atoms with E-state index in [1.807, 2.05) is 6.20 Å². The Morgan fingerprint density at radius 3 is 2.84 bits per heavy atom. The normalized spacial score (nSPS) is 24.9. The van der Waals surface area contributed by atoms with Crippen LogP contribution in [0, 0.1) is 0 Å². The number of hydrogen-bond donors (Lipinski definition) is 0. The van der Waals surface area contributed by atoms with Crippen LogP contribution in [0.2, 0.25) is 0 Å². The first-order chi connectivity index (χ1) is 9.36. The SMILES string of the molecule is ClCc1cc(N2CCC(N3CCCCC3)C2)ccn1. The minimum absolute atomic E-state index is 0.497. The van der Waals surface area contributed by atoms with Gasteiger partial charge < -0.3 is 4.90 Å². The molecule has 104 valence electrons. The van der Waals surface area contributed by atoms with Crippen molar-refractivity contribution in [2.24, 2.45) is 0 Å². The summed E-state index contributed by atoms with van der Waals surface area (Å²) >= 11 is 5.87. The van der Waals surface area contributed by atoms with Crippen molar-refractivity contribution in [2.75, 3.05) is 31.1 Å². The van der Waals surface area contributed by atoms with Crippen LogP contribution in [0.5, 0.6) is 0 Å². The van der Waals surface area contributed by atoms with Gasteiger partial charge in [0, 0.05) is 31.0 Å². The van der Waals surface area contributed by atoms with Crippen molar-refractivity contribution in [3.63, 3.8) is 0 Å². The van der Waals surface area contributed by atoms with E-state index in [2.05, 4.69) is 26.9 Å². The fourth-order valence-electron chi connectivity index (χ4n) is 3.29. The maximum Gasteiger partial charge on any atom is 0.0648 e. The second-order valence-corrected chi connectivity index (χ2v) is 5.89. The zero-order chi connectivity index (χ0) is 13.1. The monoisotopic (exact) mass is 279 g/mol. The molecule has 2 aliphatic heterocycles. The summed E-state index contributed by atoms with van der Waals surface area (Å²) in [6, 6.07) is 4.98. The number of piperidine rings is 1. The highest BCUT2D eigenvalue weighted by Crippen LogP contribution is 2.25. The minimum atomic E-state index is 0.497. The predicted octanol–water partition coefficient (Wildman–Crippen LogP) is 2.89. The molecule has 3 heterocycles. The number of pyridine rings is 1. The van der Waals surface area contributed by atoms with Crippen LogP contribution in [0.1, 0.15) is 31.4 Å². The highest BCUT2D eigenvalue weighted by Gasteiger charge is 2.28. The van der Waals surface area contributed by atoms with Crippen LogP contribution in [0.4, 0.5) is 5.69 Å². The molecular weight excluding hydrogens is 258 g/mol. The van der Waals surface area contributed by atoms with E-state index in [0.29, 0.717) is 5.88 Å². The van der Waals surface area contributed by atoms with Gasteiger partial charge in [-0.25, -0.2) is 0 Å². The Morgan fingerprint density at radius 1 is 1.21 bits per heavy atom. The van der Waals surface area contributed by atoms with E-state index in [1.54, 1.807) is 0 Å². The number of alkyl halides is 1. The number of hydrogen-bond acceptors (Lipinski definition) is 3. The molecule has 1 aromatic heterocycles. The first kappa shape index (κ1) is 13.2. The third-order valence-electron chi connectivity index (χ3n) is 4.37. The van der Waals surface area contributed by atoms with E-state index in [9.17, 15) is 0 Å². The van der Waals surface area contributed by atoms with Crippen molar-refractivity contribution in [3.8, 4) is 0 Å². The number of nitrogens with zero attached hydrogens (tertiary/aromatic N) is 3. The first-order valence-corrected chi connectivity index (χ1v) is 7.90. The fraction of sp³-hybridized carbons (Fsp3) is 0.667. The highest BCUT2D eigenvalue weighted by atomic mass is 35.5. The summed E-state index contributed by atoms with van der Waals surface area (Å²) in [4.78, 5) is 9.44. The topological polar surface area (TPSA) is 19.4 Å². The molecule has 2 saturated heterocycles. The third-order valence-corrected chi connectivity index (χ3v) is 4.65. The molecule has 0 radical (unpaired) electrons. The molecule has 0 spiro atoms. The van der Waals surface area contributed by atoms with Gasteiger partial charge in [0.2, 0.25) is 0 Å². The second kappa shape index (κ2) is 6.10. The molecule has 0 aliphatic carbocycles. The quantitative estimate of drug-likeness (QED) is 0.793. The molecule has 0 bridgehead atoms. The number of rotatable bonds is 3. The standard InChI is InChI=1S/C15H22ClN3/c16-11-13-10-14(4-6-17-13)19-9-5-15(12-19)18-7-2-1-3-8-18/h4,6,10,15H,1-3,5,7-9,11-12H2. The molecule has 2 fully saturated rings. The lowest BCUT2D eigenvalue weighted by molar-refractivity contribution is 0.175. The lowest BCUT2D eigenvalue weighted by atomic mass is 10.1. The molecular formula is C15H22ClN3. The summed E-state index contributed by atoms with van der Waals surface area (Å²) in [5, 5.41) is 0. The Bertz CT molecular complexity index is 418. The van der Waals surface area contributed by atoms with Gasteiger partial charge in [0.1, 0.15) is 0 Å². The van der Waals surface area contributed by atoms with E-state index in [-0.39, 0.29) is 0 Å². The minimum Gasteiger partial charge on any atom is -0.370 e. The van der Waals surface area contributed by atoms with E-state index >= 15 is 0 Å². The van der Waals surface area contributed by atoms with Gasteiger partial charge in [-0.15, -0.1) is 11.6 Å². The first-order valence-electron chi connectivity index (χ1n) is 7.37. The Labute approximate surface area is 120 Å². The predicted molar refractivity (Wildman–Crippen MR) is 79.8 cm³/mol. The van der Waals surface area contributed by atoms with E-state index in [0.717, 1.165) is 24.8 Å². The van der Waals surface area contributed by atoms with Crippen LogP contribution < -0.4 is 4.90 Å². The lowest BCUT2D eigenvalue weighted by Crippen LogP contribution is -2.40. The van der Waals surface area contributed by atoms with Crippen molar-refractivity contribution < 1.29 is 0 Å². The molecule has 0 saturated carbocycles. The number of anilines is 1. The van der Waals surface area contributed by atoms with Crippen molar-refractivity contribution in [1.82, 2.24) is 9.88 Å². The van der Waals surface area contributed by atoms with E-state index in [4.69, 9.17) is 11.6 Å². The molecule has 3 nitrogen and oxygen atoms in total. The molecule has 0 aromatic carbocycles. The van der Waals surface area contributed by atoms with Crippen LogP contribution in [-0.2, 0) is 5.88 Å². The van der Waals surface area contributed by atoms with Gasteiger partial charge in [-0.2, -0.15) is 0 Å². The maximum atomic E-state index is 5.87. The molecule has 1 atom stereocenters. The largest absolute Gasteiger partial charge is 0.370 e. The molecule has 3 rings (SSSR count). The molecule has 1 unspecified atom stereocenters. The fourth-order valence-corrected chi connectivity index (χ4v) is 3.44. The summed E-state index contributed by atoms with van der Waals surface area (Å²) in [6.07, 6.45) is 7.33. The number of likely N-dealkylation sites (tertiary alicyclic amines) is 1. The van der Waals surface area contributed by atoms with E-state index < -0.39 is 0 Å². The maximum absolute atomic E-state index is 5.87. The van der Waals surface area contributed by atoms with Crippen LogP contribution in [-0.4, -0.2) is 42.1 Å². The van der Waals surface area contributed by atoms with Crippen LogP contribution in [0.3, 0.4) is 0 Å². The van der Waals surface area contributed by atoms with Crippen molar-refractivity contribution in [1.29, 1.82) is 0 Å². The lowest BCUT2D eigenvalue weighted by Gasteiger charge is -2.32. The summed E-state index contributed by atoms with van der Waals surface area (Å²) in [7, 11) is 0. The summed E-state index contributed by atoms with van der Waals surface area (Å²) in [5.41, 5.74) is 2.26. The summed E-state index contributed by atoms with van der Waals surface area (Å²) < 4.78 is 0. The third kappa shape index (κ3) is 3.03.